The summed E-state index contributed by atoms with van der Waals surface area (Å²) in [6.07, 6.45) is 3.20. The molecule has 0 bridgehead atoms. The second-order valence-electron chi connectivity index (χ2n) is 4.78. The van der Waals surface area contributed by atoms with Crippen molar-refractivity contribution in [3.8, 4) is 0 Å². The van der Waals surface area contributed by atoms with E-state index in [1.165, 1.54) is 6.26 Å². The molecular weight excluding hydrogens is 256 g/mol. The molecule has 1 amide bonds. The Balaban J connectivity index is 1.64. The largest absolute Gasteiger partial charge is 0.364 e. The fourth-order valence-corrected chi connectivity index (χ4v) is 2.35. The van der Waals surface area contributed by atoms with Crippen molar-refractivity contribution in [1.29, 1.82) is 0 Å². The first kappa shape index (κ1) is 12.7. The lowest BCUT2D eigenvalue weighted by atomic mass is 10.2. The highest BCUT2D eigenvalue weighted by Gasteiger charge is 2.24. The molecular formula is C14H16N4O2. The number of hydrogen-bond donors (Lipinski definition) is 0. The number of carbonyl (C=O) groups excluding carboxylic acids is 1. The van der Waals surface area contributed by atoms with Gasteiger partial charge in [-0.05, 0) is 19.1 Å². The van der Waals surface area contributed by atoms with Gasteiger partial charge in [0, 0.05) is 32.4 Å². The molecule has 1 aliphatic heterocycles. The Morgan fingerprint density at radius 2 is 2.05 bits per heavy atom. The van der Waals surface area contributed by atoms with E-state index in [-0.39, 0.29) is 5.91 Å². The molecule has 0 N–H and O–H groups in total. The fraction of sp³-hybridized carbons (Fsp3) is 0.357. The van der Waals surface area contributed by atoms with Gasteiger partial charge in [-0.15, -0.1) is 0 Å². The summed E-state index contributed by atoms with van der Waals surface area (Å²) in [7, 11) is 0. The van der Waals surface area contributed by atoms with Gasteiger partial charge in [-0.25, -0.2) is 4.98 Å². The van der Waals surface area contributed by atoms with Crippen molar-refractivity contribution in [3.63, 3.8) is 0 Å². The van der Waals surface area contributed by atoms with Crippen LogP contribution in [-0.4, -0.2) is 47.1 Å². The number of aryl methyl sites for hydroxylation is 1. The molecule has 2 aromatic rings. The van der Waals surface area contributed by atoms with Crippen LogP contribution in [0.15, 0.2) is 35.2 Å². The van der Waals surface area contributed by atoms with Crippen LogP contribution in [0.5, 0.6) is 0 Å². The zero-order valence-electron chi connectivity index (χ0n) is 11.3. The average Bonchev–Trinajstić information content (AvgIpc) is 2.94. The highest BCUT2D eigenvalue weighted by molar-refractivity contribution is 5.95. The highest BCUT2D eigenvalue weighted by atomic mass is 16.5. The summed E-state index contributed by atoms with van der Waals surface area (Å²) >= 11 is 0. The standard InChI is InChI=1S/C14H16N4O2/c1-11-12(10-20-16-11)14(19)18-8-6-17(7-9-18)13-4-2-3-5-15-13/h2-5,10H,6-9H2,1H3. The molecule has 0 atom stereocenters. The third-order valence-corrected chi connectivity index (χ3v) is 3.52. The van der Waals surface area contributed by atoms with Gasteiger partial charge >= 0.3 is 0 Å². The maximum Gasteiger partial charge on any atom is 0.259 e. The molecule has 1 aliphatic rings. The van der Waals surface area contributed by atoms with Crippen molar-refractivity contribution >= 4 is 11.7 Å². The van der Waals surface area contributed by atoms with Crippen LogP contribution in [0.1, 0.15) is 16.1 Å². The molecule has 0 spiro atoms. The second-order valence-corrected chi connectivity index (χ2v) is 4.78. The molecule has 104 valence electrons. The number of piperazine rings is 1. The van der Waals surface area contributed by atoms with E-state index < -0.39 is 0 Å². The minimum absolute atomic E-state index is 0.00980. The monoisotopic (exact) mass is 272 g/mol. The molecule has 2 aromatic heterocycles. The van der Waals surface area contributed by atoms with Crippen molar-refractivity contribution in [2.24, 2.45) is 0 Å². The summed E-state index contributed by atoms with van der Waals surface area (Å²) in [6.45, 7) is 4.71. The van der Waals surface area contributed by atoms with Crippen LogP contribution in [0.25, 0.3) is 0 Å². The molecule has 1 fully saturated rings. The van der Waals surface area contributed by atoms with Gasteiger partial charge in [-0.2, -0.15) is 0 Å². The van der Waals surface area contributed by atoms with E-state index in [1.807, 2.05) is 23.1 Å². The number of hydrogen-bond acceptors (Lipinski definition) is 5. The molecule has 3 rings (SSSR count). The molecule has 6 nitrogen and oxygen atoms in total. The van der Waals surface area contributed by atoms with E-state index >= 15 is 0 Å². The Bertz CT molecular complexity index is 588. The smallest absolute Gasteiger partial charge is 0.259 e. The van der Waals surface area contributed by atoms with Gasteiger partial charge < -0.3 is 14.3 Å². The second kappa shape index (κ2) is 5.32. The lowest BCUT2D eigenvalue weighted by molar-refractivity contribution is 0.0745. The Labute approximate surface area is 117 Å². The van der Waals surface area contributed by atoms with E-state index in [2.05, 4.69) is 15.0 Å². The maximum absolute atomic E-state index is 12.3. The van der Waals surface area contributed by atoms with Crippen LogP contribution in [0, 0.1) is 6.92 Å². The first-order chi connectivity index (χ1) is 9.75. The van der Waals surface area contributed by atoms with Crippen molar-refractivity contribution in [1.82, 2.24) is 15.0 Å². The molecule has 1 saturated heterocycles. The Morgan fingerprint density at radius 1 is 1.25 bits per heavy atom. The first-order valence-corrected chi connectivity index (χ1v) is 6.62. The van der Waals surface area contributed by atoms with Gasteiger partial charge in [0.15, 0.2) is 0 Å². The van der Waals surface area contributed by atoms with Crippen LogP contribution < -0.4 is 4.90 Å². The van der Waals surface area contributed by atoms with Crippen molar-refractivity contribution in [2.45, 2.75) is 6.92 Å². The topological polar surface area (TPSA) is 62.5 Å². The molecule has 6 heteroatoms. The number of amides is 1. The van der Waals surface area contributed by atoms with Crippen LogP contribution in [0.3, 0.4) is 0 Å². The summed E-state index contributed by atoms with van der Waals surface area (Å²) < 4.78 is 4.83. The van der Waals surface area contributed by atoms with E-state index in [0.29, 0.717) is 24.3 Å². The number of anilines is 1. The van der Waals surface area contributed by atoms with Gasteiger partial charge in [-0.3, -0.25) is 4.79 Å². The van der Waals surface area contributed by atoms with Crippen molar-refractivity contribution in [3.05, 3.63) is 41.9 Å². The highest BCUT2D eigenvalue weighted by Crippen LogP contribution is 2.15. The molecule has 3 heterocycles. The average molecular weight is 272 g/mol. The van der Waals surface area contributed by atoms with E-state index in [1.54, 1.807) is 13.1 Å². The molecule has 0 saturated carbocycles. The Hall–Kier alpha value is -2.37. The van der Waals surface area contributed by atoms with E-state index in [4.69, 9.17) is 4.52 Å². The molecule has 0 unspecified atom stereocenters. The Morgan fingerprint density at radius 3 is 2.65 bits per heavy atom. The maximum atomic E-state index is 12.3. The van der Waals surface area contributed by atoms with E-state index in [9.17, 15) is 4.79 Å². The predicted octanol–water partition coefficient (Wildman–Crippen LogP) is 1.34. The lowest BCUT2D eigenvalue weighted by Gasteiger charge is -2.35. The minimum Gasteiger partial charge on any atom is -0.364 e. The summed E-state index contributed by atoms with van der Waals surface area (Å²) in [5.74, 6) is 0.949. The van der Waals surface area contributed by atoms with Gasteiger partial charge in [0.25, 0.3) is 5.91 Å². The Kier molecular flexibility index (Phi) is 3.37. The van der Waals surface area contributed by atoms with Gasteiger partial charge in [-0.1, -0.05) is 11.2 Å². The first-order valence-electron chi connectivity index (χ1n) is 6.62. The predicted molar refractivity (Wildman–Crippen MR) is 73.6 cm³/mol. The SMILES string of the molecule is Cc1nocc1C(=O)N1CCN(c2ccccn2)CC1. The van der Waals surface area contributed by atoms with Crippen LogP contribution >= 0.6 is 0 Å². The normalized spacial score (nSPS) is 15.4. The van der Waals surface area contributed by atoms with Crippen LogP contribution in [0.4, 0.5) is 5.82 Å². The number of carbonyl (C=O) groups is 1. The number of aromatic nitrogens is 2. The summed E-state index contributed by atoms with van der Waals surface area (Å²) in [6, 6.07) is 5.86. The van der Waals surface area contributed by atoms with Gasteiger partial charge in [0.1, 0.15) is 17.6 Å². The van der Waals surface area contributed by atoms with Crippen LogP contribution in [-0.2, 0) is 0 Å². The number of pyridine rings is 1. The van der Waals surface area contributed by atoms with Crippen molar-refractivity contribution < 1.29 is 9.32 Å². The van der Waals surface area contributed by atoms with Gasteiger partial charge in [0.2, 0.25) is 0 Å². The summed E-state index contributed by atoms with van der Waals surface area (Å²) in [5.41, 5.74) is 1.19. The van der Waals surface area contributed by atoms with Gasteiger partial charge in [0.05, 0.1) is 5.69 Å². The quantitative estimate of drug-likeness (QED) is 0.825. The zero-order chi connectivity index (χ0) is 13.9. The minimum atomic E-state index is -0.00980. The lowest BCUT2D eigenvalue weighted by Crippen LogP contribution is -2.49. The molecule has 20 heavy (non-hydrogen) atoms. The molecule has 0 aromatic carbocycles. The van der Waals surface area contributed by atoms with E-state index in [0.717, 1.165) is 18.9 Å². The third kappa shape index (κ3) is 2.36. The summed E-state index contributed by atoms with van der Waals surface area (Å²) in [4.78, 5) is 20.7. The summed E-state index contributed by atoms with van der Waals surface area (Å²) in [5, 5.41) is 3.75. The number of nitrogens with zero attached hydrogens (tertiary/aromatic N) is 4. The fourth-order valence-electron chi connectivity index (χ4n) is 2.35. The zero-order valence-corrected chi connectivity index (χ0v) is 11.3. The third-order valence-electron chi connectivity index (χ3n) is 3.52. The number of rotatable bonds is 2. The van der Waals surface area contributed by atoms with Crippen molar-refractivity contribution in [2.75, 3.05) is 31.1 Å². The molecule has 0 radical (unpaired) electrons. The molecule has 0 aliphatic carbocycles. The van der Waals surface area contributed by atoms with Crippen LogP contribution in [0.2, 0.25) is 0 Å².